The van der Waals surface area contributed by atoms with Crippen molar-refractivity contribution >= 4 is 27.3 Å². The Balaban J connectivity index is 2.85. The highest BCUT2D eigenvalue weighted by Crippen LogP contribution is 2.13. The fourth-order valence-corrected chi connectivity index (χ4v) is 3.25. The molecule has 0 bridgehead atoms. The molecule has 0 spiro atoms. The van der Waals surface area contributed by atoms with Crippen LogP contribution in [-0.2, 0) is 9.84 Å². The fourth-order valence-electron chi connectivity index (χ4n) is 2.19. The number of carbonyl (C=O) groups excluding carboxylic acids is 2. The van der Waals surface area contributed by atoms with Gasteiger partial charge in [0.15, 0.2) is 5.78 Å². The van der Waals surface area contributed by atoms with Crippen molar-refractivity contribution in [2.24, 2.45) is 0 Å². The number of rotatable bonds is 6. The standard InChI is InChI=1S/C15H22N2O4S/c1-5-17(11(2)10-22(4,20)21)15(19)16-14-8-6-7-13(9-14)12(3)18/h6-9,11H,5,10H2,1-4H3,(H,16,19)/t11-/m0/s1. The van der Waals surface area contributed by atoms with Gasteiger partial charge >= 0.3 is 6.03 Å². The summed E-state index contributed by atoms with van der Waals surface area (Å²) < 4.78 is 22.7. The van der Waals surface area contributed by atoms with Crippen molar-refractivity contribution in [1.29, 1.82) is 0 Å². The van der Waals surface area contributed by atoms with E-state index in [1.165, 1.54) is 11.8 Å². The molecule has 0 aliphatic heterocycles. The maximum atomic E-state index is 12.3. The number of anilines is 1. The third-order valence-corrected chi connectivity index (χ3v) is 4.29. The smallest absolute Gasteiger partial charge is 0.321 e. The Labute approximate surface area is 131 Å². The van der Waals surface area contributed by atoms with E-state index in [0.717, 1.165) is 6.26 Å². The van der Waals surface area contributed by atoms with Crippen molar-refractivity contribution in [3.63, 3.8) is 0 Å². The lowest BCUT2D eigenvalue weighted by Gasteiger charge is -2.27. The first kappa shape index (κ1) is 18.2. The van der Waals surface area contributed by atoms with Gasteiger partial charge in [-0.05, 0) is 32.9 Å². The largest absolute Gasteiger partial charge is 0.322 e. The number of sulfone groups is 1. The molecular formula is C15H22N2O4S. The SMILES string of the molecule is CCN(C(=O)Nc1cccc(C(C)=O)c1)[C@@H](C)CS(C)(=O)=O. The zero-order valence-electron chi connectivity index (χ0n) is 13.3. The molecule has 0 saturated carbocycles. The van der Waals surface area contributed by atoms with Gasteiger partial charge in [-0.1, -0.05) is 12.1 Å². The van der Waals surface area contributed by atoms with Crippen molar-refractivity contribution in [1.82, 2.24) is 4.90 Å². The van der Waals surface area contributed by atoms with E-state index in [-0.39, 0.29) is 17.6 Å². The van der Waals surface area contributed by atoms with Gasteiger partial charge in [-0.2, -0.15) is 0 Å². The van der Waals surface area contributed by atoms with Crippen LogP contribution in [0, 0.1) is 0 Å². The highest BCUT2D eigenvalue weighted by atomic mass is 32.2. The number of nitrogens with one attached hydrogen (secondary N) is 1. The second-order valence-corrected chi connectivity index (χ2v) is 7.48. The van der Waals surface area contributed by atoms with Crippen molar-refractivity contribution < 1.29 is 18.0 Å². The van der Waals surface area contributed by atoms with Crippen molar-refractivity contribution in [3.05, 3.63) is 29.8 Å². The number of urea groups is 1. The summed E-state index contributed by atoms with van der Waals surface area (Å²) in [4.78, 5) is 25.1. The van der Waals surface area contributed by atoms with Crippen molar-refractivity contribution in [2.45, 2.75) is 26.8 Å². The van der Waals surface area contributed by atoms with E-state index in [9.17, 15) is 18.0 Å². The van der Waals surface area contributed by atoms with Gasteiger partial charge in [0.2, 0.25) is 0 Å². The van der Waals surface area contributed by atoms with Gasteiger partial charge in [-0.3, -0.25) is 4.79 Å². The number of amides is 2. The average Bonchev–Trinajstić information content (AvgIpc) is 2.37. The number of ketones is 1. The number of nitrogens with zero attached hydrogens (tertiary/aromatic N) is 1. The molecule has 1 rings (SSSR count). The van der Waals surface area contributed by atoms with Gasteiger partial charge in [0.1, 0.15) is 9.84 Å². The highest BCUT2D eigenvalue weighted by molar-refractivity contribution is 7.90. The van der Waals surface area contributed by atoms with Crippen LogP contribution in [0.15, 0.2) is 24.3 Å². The molecule has 1 aromatic carbocycles. The Morgan fingerprint density at radius 2 is 1.95 bits per heavy atom. The third-order valence-electron chi connectivity index (χ3n) is 3.20. The number of carbonyl (C=O) groups is 2. The van der Waals surface area contributed by atoms with Gasteiger partial charge in [0.25, 0.3) is 0 Å². The molecule has 0 aliphatic rings. The van der Waals surface area contributed by atoms with Crippen molar-refractivity contribution in [3.8, 4) is 0 Å². The van der Waals surface area contributed by atoms with Gasteiger partial charge in [0, 0.05) is 30.1 Å². The summed E-state index contributed by atoms with van der Waals surface area (Å²) in [5.74, 6) is -0.184. The molecule has 122 valence electrons. The molecule has 2 amide bonds. The summed E-state index contributed by atoms with van der Waals surface area (Å²) in [5.41, 5.74) is 1.01. The number of hydrogen-bond acceptors (Lipinski definition) is 4. The van der Waals surface area contributed by atoms with E-state index in [0.29, 0.717) is 17.8 Å². The molecule has 0 fully saturated rings. The lowest BCUT2D eigenvalue weighted by atomic mass is 10.1. The topological polar surface area (TPSA) is 83.6 Å². The first-order chi connectivity index (χ1) is 10.1. The zero-order valence-corrected chi connectivity index (χ0v) is 14.1. The van der Waals surface area contributed by atoms with Crippen LogP contribution in [0.3, 0.4) is 0 Å². The lowest BCUT2D eigenvalue weighted by molar-refractivity contribution is 0.101. The van der Waals surface area contributed by atoms with Crippen LogP contribution in [0.25, 0.3) is 0 Å². The maximum Gasteiger partial charge on any atom is 0.322 e. The number of benzene rings is 1. The van der Waals surface area contributed by atoms with Crippen LogP contribution >= 0.6 is 0 Å². The van der Waals surface area contributed by atoms with Crippen LogP contribution in [0.2, 0.25) is 0 Å². The maximum absolute atomic E-state index is 12.3. The average molecular weight is 326 g/mol. The van der Waals surface area contributed by atoms with Gasteiger partial charge in [-0.15, -0.1) is 0 Å². The molecule has 1 atom stereocenters. The van der Waals surface area contributed by atoms with E-state index < -0.39 is 15.9 Å². The number of Topliss-reactive ketones (excluding diaryl/α,β-unsaturated/α-hetero) is 1. The van der Waals surface area contributed by atoms with E-state index in [1.54, 1.807) is 38.1 Å². The Morgan fingerprint density at radius 1 is 1.32 bits per heavy atom. The van der Waals surface area contributed by atoms with E-state index in [2.05, 4.69) is 5.32 Å². The molecule has 1 N–H and O–H groups in total. The molecule has 0 saturated heterocycles. The van der Waals surface area contributed by atoms with Crippen LogP contribution in [0.5, 0.6) is 0 Å². The van der Waals surface area contributed by atoms with Crippen LogP contribution in [0.4, 0.5) is 10.5 Å². The molecule has 0 radical (unpaired) electrons. The van der Waals surface area contributed by atoms with Gasteiger partial charge in [0.05, 0.1) is 5.75 Å². The monoisotopic (exact) mass is 326 g/mol. The lowest BCUT2D eigenvalue weighted by Crippen LogP contribution is -2.44. The number of hydrogen-bond donors (Lipinski definition) is 1. The molecule has 22 heavy (non-hydrogen) atoms. The predicted molar refractivity (Wildman–Crippen MR) is 87.0 cm³/mol. The summed E-state index contributed by atoms with van der Waals surface area (Å²) in [6, 6.07) is 5.80. The van der Waals surface area contributed by atoms with Crippen LogP contribution in [0.1, 0.15) is 31.1 Å². The third kappa shape index (κ3) is 5.48. The molecule has 6 nitrogen and oxygen atoms in total. The first-order valence-electron chi connectivity index (χ1n) is 7.00. The minimum atomic E-state index is -3.17. The predicted octanol–water partition coefficient (Wildman–Crippen LogP) is 2.18. The molecule has 7 heteroatoms. The summed E-state index contributed by atoms with van der Waals surface area (Å²) in [6.07, 6.45) is 1.14. The quantitative estimate of drug-likeness (QED) is 0.812. The minimum Gasteiger partial charge on any atom is -0.321 e. The normalized spacial score (nSPS) is 12.5. The van der Waals surface area contributed by atoms with Crippen molar-refractivity contribution in [2.75, 3.05) is 23.9 Å². The summed E-state index contributed by atoms with van der Waals surface area (Å²) in [6.45, 7) is 5.31. The molecule has 0 aromatic heterocycles. The zero-order chi connectivity index (χ0) is 16.9. The second-order valence-electron chi connectivity index (χ2n) is 5.29. The molecule has 0 aliphatic carbocycles. The van der Waals surface area contributed by atoms with Crippen LogP contribution < -0.4 is 5.32 Å². The Morgan fingerprint density at radius 3 is 2.45 bits per heavy atom. The van der Waals surface area contributed by atoms with E-state index in [4.69, 9.17) is 0 Å². The van der Waals surface area contributed by atoms with E-state index >= 15 is 0 Å². The summed E-state index contributed by atoms with van der Waals surface area (Å²) in [5, 5.41) is 2.69. The van der Waals surface area contributed by atoms with Gasteiger partial charge < -0.3 is 10.2 Å². The highest BCUT2D eigenvalue weighted by Gasteiger charge is 2.22. The molecule has 0 heterocycles. The van der Waals surface area contributed by atoms with Gasteiger partial charge in [-0.25, -0.2) is 13.2 Å². The first-order valence-corrected chi connectivity index (χ1v) is 9.06. The van der Waals surface area contributed by atoms with Crippen LogP contribution in [-0.4, -0.2) is 49.7 Å². The molecular weight excluding hydrogens is 304 g/mol. The second kappa shape index (κ2) is 7.40. The minimum absolute atomic E-state index is 0.0890. The summed E-state index contributed by atoms with van der Waals surface area (Å²) >= 11 is 0. The Hall–Kier alpha value is -1.89. The molecule has 0 unspecified atom stereocenters. The Bertz CT molecular complexity index is 655. The van der Waals surface area contributed by atoms with E-state index in [1.807, 2.05) is 0 Å². The Kier molecular flexibility index (Phi) is 6.11. The fraction of sp³-hybridized carbons (Fsp3) is 0.467. The summed E-state index contributed by atoms with van der Waals surface area (Å²) in [7, 11) is -3.17. The molecule has 1 aromatic rings.